The number of benzene rings is 2. The van der Waals surface area contributed by atoms with Crippen LogP contribution in [0.1, 0.15) is 48.5 Å². The van der Waals surface area contributed by atoms with Crippen molar-refractivity contribution >= 4 is 22.2 Å². The molecule has 1 heterocycles. The highest BCUT2D eigenvalue weighted by Crippen LogP contribution is 2.28. The molecule has 38 heavy (non-hydrogen) atoms. The van der Waals surface area contributed by atoms with E-state index in [1.165, 1.54) is 6.20 Å². The molecule has 9 heteroatoms. The number of para-hydroxylation sites is 1. The van der Waals surface area contributed by atoms with Gasteiger partial charge >= 0.3 is 0 Å². The van der Waals surface area contributed by atoms with Crippen molar-refractivity contribution in [3.63, 3.8) is 0 Å². The van der Waals surface area contributed by atoms with Gasteiger partial charge in [0.05, 0.1) is 18.1 Å². The molecule has 3 atom stereocenters. The van der Waals surface area contributed by atoms with Crippen LogP contribution in [0.4, 0.5) is 0 Å². The fraction of sp³-hybridized carbons (Fsp3) is 0.345. The van der Waals surface area contributed by atoms with E-state index < -0.39 is 33.1 Å². The number of aromatic nitrogens is 1. The van der Waals surface area contributed by atoms with E-state index in [0.29, 0.717) is 42.6 Å². The molecule has 0 aliphatic rings. The molecule has 0 saturated carbocycles. The summed E-state index contributed by atoms with van der Waals surface area (Å²) in [5.74, 6) is -0.687. The van der Waals surface area contributed by atoms with E-state index >= 15 is 0 Å². The number of pyridine rings is 1. The van der Waals surface area contributed by atoms with Gasteiger partial charge in [-0.25, -0.2) is 13.1 Å². The van der Waals surface area contributed by atoms with Gasteiger partial charge in [-0.3, -0.25) is 9.78 Å². The first-order chi connectivity index (χ1) is 18.3. The van der Waals surface area contributed by atoms with Gasteiger partial charge in [0.2, 0.25) is 10.0 Å². The van der Waals surface area contributed by atoms with Gasteiger partial charge in [0.15, 0.2) is 0 Å². The lowest BCUT2D eigenvalue weighted by Crippen LogP contribution is -2.53. The third-order valence-corrected chi connectivity index (χ3v) is 7.99. The van der Waals surface area contributed by atoms with E-state index in [9.17, 15) is 18.0 Å². The number of sulfonamides is 1. The molecule has 0 fully saturated rings. The van der Waals surface area contributed by atoms with Crippen LogP contribution in [0, 0.1) is 5.92 Å². The predicted molar refractivity (Wildman–Crippen MR) is 147 cm³/mol. The van der Waals surface area contributed by atoms with Gasteiger partial charge in [0.25, 0.3) is 5.91 Å². The number of nitrogens with zero attached hydrogens (tertiary/aromatic N) is 1. The van der Waals surface area contributed by atoms with Gasteiger partial charge < -0.3 is 14.8 Å². The Morgan fingerprint density at radius 3 is 2.29 bits per heavy atom. The standard InChI is InChI=1S/C29H35N3O5S/c1-22(2)19-27(32-29(34)24-13-9-16-30-20-24)28(26(21-33)23-11-5-3-6-12-23)38(35,36)31-17-10-18-37-25-14-7-4-8-15-25/h3-9,11-16,20-22,26-28,31H,10,17-19H2,1-2H3,(H,32,34). The lowest BCUT2D eigenvalue weighted by atomic mass is 9.89. The Morgan fingerprint density at radius 2 is 1.68 bits per heavy atom. The molecule has 3 unspecified atom stereocenters. The number of carbonyl (C=O) groups is 2. The van der Waals surface area contributed by atoms with E-state index in [4.69, 9.17) is 4.74 Å². The highest BCUT2D eigenvalue weighted by atomic mass is 32.2. The number of hydrogen-bond acceptors (Lipinski definition) is 6. The molecule has 0 spiro atoms. The summed E-state index contributed by atoms with van der Waals surface area (Å²) in [6.07, 6.45) is 4.41. The van der Waals surface area contributed by atoms with Crippen molar-refractivity contribution in [3.8, 4) is 5.75 Å². The quantitative estimate of drug-likeness (QED) is 0.224. The molecule has 1 amide bonds. The van der Waals surface area contributed by atoms with Gasteiger partial charge in [0, 0.05) is 25.0 Å². The first kappa shape index (κ1) is 29.0. The molecular weight excluding hydrogens is 502 g/mol. The number of carbonyl (C=O) groups excluding carboxylic acids is 2. The van der Waals surface area contributed by atoms with Crippen LogP contribution >= 0.6 is 0 Å². The number of ether oxygens (including phenoxy) is 1. The van der Waals surface area contributed by atoms with Gasteiger partial charge in [-0.15, -0.1) is 0 Å². The SMILES string of the molecule is CC(C)CC(NC(=O)c1cccnc1)C(C(C=O)c1ccccc1)S(=O)(=O)NCCCOc1ccccc1. The van der Waals surface area contributed by atoms with E-state index in [2.05, 4.69) is 15.0 Å². The molecule has 0 saturated heterocycles. The number of hydrogen-bond donors (Lipinski definition) is 2. The minimum Gasteiger partial charge on any atom is -0.494 e. The van der Waals surface area contributed by atoms with Crippen LogP contribution in [0.5, 0.6) is 5.75 Å². The zero-order chi connectivity index (χ0) is 27.4. The molecular formula is C29H35N3O5S. The Bertz CT molecular complexity index is 1240. The summed E-state index contributed by atoms with van der Waals surface area (Å²) in [5.41, 5.74) is 0.875. The van der Waals surface area contributed by atoms with Gasteiger partial charge in [0.1, 0.15) is 17.3 Å². The highest BCUT2D eigenvalue weighted by Gasteiger charge is 2.41. The predicted octanol–water partition coefficient (Wildman–Crippen LogP) is 3.97. The van der Waals surface area contributed by atoms with E-state index in [1.54, 1.807) is 48.7 Å². The zero-order valence-corrected chi connectivity index (χ0v) is 22.5. The van der Waals surface area contributed by atoms with Crippen LogP contribution in [-0.2, 0) is 14.8 Å². The molecule has 0 bridgehead atoms. The number of aldehydes is 1. The average molecular weight is 538 g/mol. The largest absolute Gasteiger partial charge is 0.494 e. The molecule has 8 nitrogen and oxygen atoms in total. The summed E-state index contributed by atoms with van der Waals surface area (Å²) in [7, 11) is -4.07. The van der Waals surface area contributed by atoms with Crippen LogP contribution < -0.4 is 14.8 Å². The molecule has 2 aromatic carbocycles. The first-order valence-corrected chi connectivity index (χ1v) is 14.2. The normalized spacial score (nSPS) is 13.9. The Kier molecular flexibility index (Phi) is 11.0. The third kappa shape index (κ3) is 8.49. The van der Waals surface area contributed by atoms with E-state index in [1.807, 2.05) is 44.2 Å². The summed E-state index contributed by atoms with van der Waals surface area (Å²) in [6.45, 7) is 4.33. The van der Waals surface area contributed by atoms with E-state index in [-0.39, 0.29) is 12.5 Å². The van der Waals surface area contributed by atoms with E-state index in [0.717, 1.165) is 0 Å². The maximum atomic E-state index is 13.8. The van der Waals surface area contributed by atoms with Crippen LogP contribution in [0.25, 0.3) is 0 Å². The van der Waals surface area contributed by atoms with Gasteiger partial charge in [-0.1, -0.05) is 62.4 Å². The number of rotatable bonds is 15. The average Bonchev–Trinajstić information content (AvgIpc) is 2.92. The summed E-state index contributed by atoms with van der Waals surface area (Å²) in [5, 5.41) is 1.66. The Hall–Kier alpha value is -3.56. The molecule has 1 aromatic heterocycles. The van der Waals surface area contributed by atoms with Crippen molar-refractivity contribution < 1.29 is 22.7 Å². The Labute approximate surface area is 224 Å². The molecule has 0 radical (unpaired) electrons. The fourth-order valence-electron chi connectivity index (χ4n) is 4.30. The van der Waals surface area contributed by atoms with Crippen molar-refractivity contribution in [1.82, 2.24) is 15.0 Å². The molecule has 0 aliphatic carbocycles. The smallest absolute Gasteiger partial charge is 0.253 e. The summed E-state index contributed by atoms with van der Waals surface area (Å²) >= 11 is 0. The maximum absolute atomic E-state index is 13.8. The van der Waals surface area contributed by atoms with Crippen molar-refractivity contribution in [2.45, 2.75) is 43.9 Å². The summed E-state index contributed by atoms with van der Waals surface area (Å²) < 4.78 is 35.9. The minimum absolute atomic E-state index is 0.0502. The molecule has 0 aliphatic heterocycles. The fourth-order valence-corrected chi connectivity index (χ4v) is 6.14. The second-order valence-electron chi connectivity index (χ2n) is 9.44. The molecule has 2 N–H and O–H groups in total. The molecule has 202 valence electrons. The molecule has 3 aromatic rings. The summed E-state index contributed by atoms with van der Waals surface area (Å²) in [6, 6.07) is 20.5. The van der Waals surface area contributed by atoms with Crippen LogP contribution in [0.3, 0.4) is 0 Å². The summed E-state index contributed by atoms with van der Waals surface area (Å²) in [4.78, 5) is 29.5. The lowest BCUT2D eigenvalue weighted by Gasteiger charge is -2.33. The monoisotopic (exact) mass is 537 g/mol. The third-order valence-electron chi connectivity index (χ3n) is 6.04. The zero-order valence-electron chi connectivity index (χ0n) is 21.7. The Balaban J connectivity index is 1.85. The number of nitrogens with one attached hydrogen (secondary N) is 2. The van der Waals surface area contributed by atoms with Crippen molar-refractivity contribution in [2.24, 2.45) is 5.92 Å². The van der Waals surface area contributed by atoms with Crippen molar-refractivity contribution in [1.29, 1.82) is 0 Å². The first-order valence-electron chi connectivity index (χ1n) is 12.7. The number of amides is 1. The Morgan fingerprint density at radius 1 is 1.00 bits per heavy atom. The topological polar surface area (TPSA) is 114 Å². The van der Waals surface area contributed by atoms with Crippen LogP contribution in [-0.4, -0.2) is 50.0 Å². The highest BCUT2D eigenvalue weighted by molar-refractivity contribution is 7.90. The minimum atomic E-state index is -4.07. The van der Waals surface area contributed by atoms with Crippen LogP contribution in [0.2, 0.25) is 0 Å². The second-order valence-corrected chi connectivity index (χ2v) is 11.4. The van der Waals surface area contributed by atoms with Gasteiger partial charge in [-0.2, -0.15) is 0 Å². The maximum Gasteiger partial charge on any atom is 0.253 e. The second kappa shape index (κ2) is 14.4. The molecule has 3 rings (SSSR count). The lowest BCUT2D eigenvalue weighted by molar-refractivity contribution is -0.109. The van der Waals surface area contributed by atoms with Crippen LogP contribution in [0.15, 0.2) is 85.2 Å². The van der Waals surface area contributed by atoms with Gasteiger partial charge in [-0.05, 0) is 48.6 Å². The van der Waals surface area contributed by atoms with Crippen molar-refractivity contribution in [3.05, 3.63) is 96.3 Å². The van der Waals surface area contributed by atoms with Crippen molar-refractivity contribution in [2.75, 3.05) is 13.2 Å².